The average molecular weight is 377 g/mol. The minimum absolute atomic E-state index is 0.191. The quantitative estimate of drug-likeness (QED) is 0.807. The summed E-state index contributed by atoms with van der Waals surface area (Å²) in [6.45, 7) is 6.46. The van der Waals surface area contributed by atoms with Gasteiger partial charge in [-0.1, -0.05) is 0 Å². The first-order valence-corrected chi connectivity index (χ1v) is 7.62. The Morgan fingerprint density at radius 1 is 1.63 bits per heavy atom. The van der Waals surface area contributed by atoms with Crippen molar-refractivity contribution in [2.45, 2.75) is 51.7 Å². The molecule has 1 N–H and O–H groups in total. The number of amides is 1. The van der Waals surface area contributed by atoms with Gasteiger partial charge in [0.2, 0.25) is 0 Å². The first-order valence-electron chi connectivity index (χ1n) is 6.54. The van der Waals surface area contributed by atoms with Gasteiger partial charge in [0.05, 0.1) is 9.90 Å². The van der Waals surface area contributed by atoms with E-state index in [1.54, 1.807) is 0 Å². The van der Waals surface area contributed by atoms with E-state index in [0.29, 0.717) is 0 Å². The lowest BCUT2D eigenvalue weighted by molar-refractivity contribution is 0.0225. The SMILES string of the molecule is CC(C)(C)OC(=O)N1CCCC1Cc1ncc(I)[nH]1. The number of H-pyrrole nitrogens is 1. The highest BCUT2D eigenvalue weighted by Crippen LogP contribution is 2.23. The number of hydrogen-bond donors (Lipinski definition) is 1. The topological polar surface area (TPSA) is 58.2 Å². The molecule has 1 amide bonds. The van der Waals surface area contributed by atoms with Crippen molar-refractivity contribution in [3.63, 3.8) is 0 Å². The standard InChI is InChI=1S/C13H20IN3O2/c1-13(2,3)19-12(18)17-6-4-5-9(17)7-11-15-8-10(14)16-11/h8-9H,4-7H2,1-3H3,(H,15,16). The van der Waals surface area contributed by atoms with Crippen molar-refractivity contribution in [2.75, 3.05) is 6.54 Å². The maximum atomic E-state index is 12.1. The molecular formula is C13H20IN3O2. The van der Waals surface area contributed by atoms with Crippen molar-refractivity contribution < 1.29 is 9.53 Å². The minimum Gasteiger partial charge on any atom is -0.444 e. The molecule has 2 rings (SSSR count). The van der Waals surface area contributed by atoms with E-state index in [1.165, 1.54) is 0 Å². The largest absolute Gasteiger partial charge is 0.444 e. The summed E-state index contributed by atoms with van der Waals surface area (Å²) < 4.78 is 6.47. The van der Waals surface area contributed by atoms with Crippen LogP contribution in [0.5, 0.6) is 0 Å². The predicted molar refractivity (Wildman–Crippen MR) is 81.0 cm³/mol. The molecular weight excluding hydrogens is 357 g/mol. The van der Waals surface area contributed by atoms with E-state index in [4.69, 9.17) is 4.74 Å². The number of rotatable bonds is 2. The summed E-state index contributed by atoms with van der Waals surface area (Å²) in [5.41, 5.74) is -0.440. The molecule has 6 heteroatoms. The maximum Gasteiger partial charge on any atom is 0.410 e. The molecule has 19 heavy (non-hydrogen) atoms. The molecule has 2 heterocycles. The third-order valence-corrected chi connectivity index (χ3v) is 3.58. The number of likely N-dealkylation sites (tertiary alicyclic amines) is 1. The summed E-state index contributed by atoms with van der Waals surface area (Å²) in [6, 6.07) is 0.191. The second-order valence-electron chi connectivity index (χ2n) is 5.85. The van der Waals surface area contributed by atoms with Crippen molar-refractivity contribution in [1.29, 1.82) is 0 Å². The number of aromatic nitrogens is 2. The zero-order valence-corrected chi connectivity index (χ0v) is 13.7. The fourth-order valence-corrected chi connectivity index (χ4v) is 2.72. The van der Waals surface area contributed by atoms with Gasteiger partial charge in [-0.15, -0.1) is 0 Å². The summed E-state index contributed by atoms with van der Waals surface area (Å²) in [6.07, 6.45) is 4.40. The van der Waals surface area contributed by atoms with Crippen molar-refractivity contribution in [2.24, 2.45) is 0 Å². The number of carbonyl (C=O) groups excluding carboxylic acids is 1. The molecule has 0 radical (unpaired) electrons. The molecule has 0 bridgehead atoms. The summed E-state index contributed by atoms with van der Waals surface area (Å²) in [4.78, 5) is 21.5. The second kappa shape index (κ2) is 5.68. The van der Waals surface area contributed by atoms with Crippen molar-refractivity contribution >= 4 is 28.7 Å². The normalized spacial score (nSPS) is 19.8. The van der Waals surface area contributed by atoms with Crippen LogP contribution in [0.4, 0.5) is 4.79 Å². The molecule has 1 aliphatic rings. The van der Waals surface area contributed by atoms with Gasteiger partial charge in [-0.3, -0.25) is 0 Å². The van der Waals surface area contributed by atoms with Crippen LogP contribution in [-0.2, 0) is 11.2 Å². The minimum atomic E-state index is -0.440. The zero-order chi connectivity index (χ0) is 14.0. The van der Waals surface area contributed by atoms with E-state index in [-0.39, 0.29) is 12.1 Å². The Balaban J connectivity index is 1.98. The average Bonchev–Trinajstić information content (AvgIpc) is 2.86. The van der Waals surface area contributed by atoms with Gasteiger partial charge in [-0.2, -0.15) is 0 Å². The first kappa shape index (κ1) is 14.6. The molecule has 1 aliphatic heterocycles. The van der Waals surface area contributed by atoms with Crippen LogP contribution < -0.4 is 0 Å². The molecule has 1 atom stereocenters. The number of halogens is 1. The third kappa shape index (κ3) is 4.09. The lowest BCUT2D eigenvalue weighted by Crippen LogP contribution is -2.40. The Hall–Kier alpha value is -0.790. The smallest absolute Gasteiger partial charge is 0.410 e. The number of nitrogens with one attached hydrogen (secondary N) is 1. The van der Waals surface area contributed by atoms with E-state index in [0.717, 1.165) is 35.3 Å². The van der Waals surface area contributed by atoms with Crippen LogP contribution >= 0.6 is 22.6 Å². The van der Waals surface area contributed by atoms with E-state index < -0.39 is 5.60 Å². The Morgan fingerprint density at radius 3 is 2.95 bits per heavy atom. The summed E-state index contributed by atoms with van der Waals surface area (Å²) in [5, 5.41) is 0. The molecule has 1 unspecified atom stereocenters. The molecule has 0 aromatic carbocycles. The number of carbonyl (C=O) groups is 1. The Bertz CT molecular complexity index is 453. The van der Waals surface area contributed by atoms with Gasteiger partial charge in [-0.25, -0.2) is 9.78 Å². The molecule has 1 aromatic rings. The van der Waals surface area contributed by atoms with Crippen LogP contribution in [0.3, 0.4) is 0 Å². The Morgan fingerprint density at radius 2 is 2.37 bits per heavy atom. The van der Waals surface area contributed by atoms with Crippen LogP contribution in [0.1, 0.15) is 39.4 Å². The summed E-state index contributed by atoms with van der Waals surface area (Å²) >= 11 is 2.20. The molecule has 0 aliphatic carbocycles. The lowest BCUT2D eigenvalue weighted by atomic mass is 10.1. The van der Waals surface area contributed by atoms with Gasteiger partial charge >= 0.3 is 6.09 Å². The molecule has 1 fully saturated rings. The maximum absolute atomic E-state index is 12.1. The number of nitrogens with zero attached hydrogens (tertiary/aromatic N) is 2. The second-order valence-corrected chi connectivity index (χ2v) is 7.01. The summed E-state index contributed by atoms with van der Waals surface area (Å²) in [5.74, 6) is 0.935. The highest BCUT2D eigenvalue weighted by atomic mass is 127. The van der Waals surface area contributed by atoms with Crippen LogP contribution in [0.2, 0.25) is 0 Å². The summed E-state index contributed by atoms with van der Waals surface area (Å²) in [7, 11) is 0. The molecule has 0 spiro atoms. The first-order chi connectivity index (χ1) is 8.85. The highest BCUT2D eigenvalue weighted by Gasteiger charge is 2.32. The third-order valence-electron chi connectivity index (χ3n) is 3.03. The lowest BCUT2D eigenvalue weighted by Gasteiger charge is -2.28. The Labute approximate surface area is 127 Å². The molecule has 1 saturated heterocycles. The van der Waals surface area contributed by atoms with E-state index in [9.17, 15) is 4.79 Å². The van der Waals surface area contributed by atoms with Crippen molar-refractivity contribution in [1.82, 2.24) is 14.9 Å². The fourth-order valence-electron chi connectivity index (χ4n) is 2.27. The number of ether oxygens (including phenoxy) is 1. The molecule has 0 saturated carbocycles. The van der Waals surface area contributed by atoms with Crippen LogP contribution in [-0.4, -0.2) is 39.1 Å². The predicted octanol–water partition coefficient (Wildman–Crippen LogP) is 2.96. The van der Waals surface area contributed by atoms with Gasteiger partial charge in [0.15, 0.2) is 0 Å². The van der Waals surface area contributed by atoms with Crippen LogP contribution in [0.15, 0.2) is 6.20 Å². The van der Waals surface area contributed by atoms with Crippen molar-refractivity contribution in [3.8, 4) is 0 Å². The van der Waals surface area contributed by atoms with Crippen LogP contribution in [0.25, 0.3) is 0 Å². The van der Waals surface area contributed by atoms with Gasteiger partial charge < -0.3 is 14.6 Å². The van der Waals surface area contributed by atoms with Gasteiger partial charge in [0, 0.05) is 19.0 Å². The number of hydrogen-bond acceptors (Lipinski definition) is 3. The molecule has 1 aromatic heterocycles. The van der Waals surface area contributed by atoms with Crippen LogP contribution in [0, 0.1) is 3.70 Å². The van der Waals surface area contributed by atoms with Gasteiger partial charge in [0.1, 0.15) is 11.4 Å². The number of aromatic amines is 1. The zero-order valence-electron chi connectivity index (χ0n) is 11.6. The van der Waals surface area contributed by atoms with E-state index in [1.807, 2.05) is 31.9 Å². The van der Waals surface area contributed by atoms with E-state index in [2.05, 4.69) is 32.6 Å². The van der Waals surface area contributed by atoms with Crippen molar-refractivity contribution in [3.05, 3.63) is 15.7 Å². The van der Waals surface area contributed by atoms with Gasteiger partial charge in [-0.05, 0) is 56.2 Å². The van der Waals surface area contributed by atoms with E-state index >= 15 is 0 Å². The monoisotopic (exact) mass is 377 g/mol. The van der Waals surface area contributed by atoms with Gasteiger partial charge in [0.25, 0.3) is 0 Å². The highest BCUT2D eigenvalue weighted by molar-refractivity contribution is 14.1. The number of imidazole rings is 1. The fraction of sp³-hybridized carbons (Fsp3) is 0.692. The Kier molecular flexibility index (Phi) is 4.37. The molecule has 5 nitrogen and oxygen atoms in total. The molecule has 106 valence electrons.